The molecule has 0 aromatic carbocycles. The molecule has 0 atom stereocenters. The van der Waals surface area contributed by atoms with E-state index in [-0.39, 0.29) is 61.5 Å². The average Bonchev–Trinajstić information content (AvgIpc) is 1.84. The number of hydrogen-bond acceptors (Lipinski definition) is 6. The Kier molecular flexibility index (Phi) is 12.0. The molecular weight excluding hydrogens is 259 g/mol. The fourth-order valence-corrected chi connectivity index (χ4v) is 2.27. The van der Waals surface area contributed by atoms with Crippen LogP contribution in [0.2, 0.25) is 0 Å². The molecule has 0 bridgehead atoms. The Morgan fingerprint density at radius 1 is 1.62 bits per heavy atom. The third-order valence-corrected chi connectivity index (χ3v) is 3.01. The topological polar surface area (TPSA) is 66.4 Å². The van der Waals surface area contributed by atoms with Gasteiger partial charge in [-0.3, -0.25) is 0 Å². The van der Waals surface area contributed by atoms with E-state index in [1.165, 1.54) is 0 Å². The SMILES string of the molecule is CCOC(=S)SCCS(=O)(=O)[O-].[K+]. The van der Waals surface area contributed by atoms with Gasteiger partial charge in [-0.05, 0) is 19.1 Å². The minimum Gasteiger partial charge on any atom is -0.748 e. The molecule has 0 rings (SSSR count). The Morgan fingerprint density at radius 3 is 2.54 bits per heavy atom. The van der Waals surface area contributed by atoms with Crippen molar-refractivity contribution in [3.8, 4) is 0 Å². The van der Waals surface area contributed by atoms with Crippen LogP contribution in [0.15, 0.2) is 0 Å². The summed E-state index contributed by atoms with van der Waals surface area (Å²) in [4.78, 5) is 0. The first-order valence-corrected chi connectivity index (χ1v) is 6.16. The van der Waals surface area contributed by atoms with E-state index in [2.05, 4.69) is 12.2 Å². The van der Waals surface area contributed by atoms with Gasteiger partial charge in [0.25, 0.3) is 0 Å². The minimum atomic E-state index is -4.12. The molecule has 0 saturated heterocycles. The average molecular weight is 268 g/mol. The number of thiocarbonyl (C=S) groups is 1. The normalized spacial score (nSPS) is 10.3. The van der Waals surface area contributed by atoms with Crippen molar-refractivity contribution in [3.63, 3.8) is 0 Å². The molecule has 0 heterocycles. The molecule has 0 spiro atoms. The fraction of sp³-hybridized carbons (Fsp3) is 0.800. The third kappa shape index (κ3) is 13.8. The van der Waals surface area contributed by atoms with E-state index in [0.29, 0.717) is 6.61 Å². The molecule has 0 amide bonds. The van der Waals surface area contributed by atoms with Gasteiger partial charge in [0.1, 0.15) is 0 Å². The molecule has 0 radical (unpaired) electrons. The van der Waals surface area contributed by atoms with E-state index in [9.17, 15) is 13.0 Å². The van der Waals surface area contributed by atoms with Crippen molar-refractivity contribution in [1.82, 2.24) is 0 Å². The first kappa shape index (κ1) is 17.2. The van der Waals surface area contributed by atoms with Gasteiger partial charge in [0.05, 0.1) is 16.7 Å². The molecule has 4 nitrogen and oxygen atoms in total. The molecule has 0 aliphatic heterocycles. The van der Waals surface area contributed by atoms with Crippen molar-refractivity contribution >= 4 is 38.5 Å². The van der Waals surface area contributed by atoms with Crippen molar-refractivity contribution in [2.75, 3.05) is 18.1 Å². The van der Waals surface area contributed by atoms with Crippen molar-refractivity contribution in [2.24, 2.45) is 0 Å². The van der Waals surface area contributed by atoms with Crippen LogP contribution in [0.5, 0.6) is 0 Å². The number of rotatable bonds is 4. The van der Waals surface area contributed by atoms with Gasteiger partial charge in [-0.15, -0.1) is 0 Å². The smallest absolute Gasteiger partial charge is 0.748 e. The second kappa shape index (κ2) is 9.04. The van der Waals surface area contributed by atoms with E-state index >= 15 is 0 Å². The largest absolute Gasteiger partial charge is 1.00 e. The zero-order valence-electron chi connectivity index (χ0n) is 7.48. The van der Waals surface area contributed by atoms with Gasteiger partial charge in [-0.2, -0.15) is 0 Å². The maximum absolute atomic E-state index is 10.1. The Balaban J connectivity index is 0. The molecule has 0 aliphatic rings. The molecule has 0 fully saturated rings. The molecule has 0 saturated carbocycles. The number of hydrogen-bond donors (Lipinski definition) is 0. The number of thioether (sulfide) groups is 1. The Morgan fingerprint density at radius 2 is 2.15 bits per heavy atom. The molecule has 0 unspecified atom stereocenters. The minimum absolute atomic E-state index is 0. The van der Waals surface area contributed by atoms with Crippen molar-refractivity contribution < 1.29 is 69.1 Å². The van der Waals surface area contributed by atoms with Crippen molar-refractivity contribution in [2.45, 2.75) is 6.92 Å². The van der Waals surface area contributed by atoms with Gasteiger partial charge in [-0.25, -0.2) is 8.42 Å². The molecule has 0 aliphatic carbocycles. The summed E-state index contributed by atoms with van der Waals surface area (Å²) >= 11 is 5.74. The summed E-state index contributed by atoms with van der Waals surface area (Å²) in [5.41, 5.74) is 0. The molecule has 72 valence electrons. The van der Waals surface area contributed by atoms with E-state index in [0.717, 1.165) is 11.8 Å². The van der Waals surface area contributed by atoms with Crippen LogP contribution in [-0.4, -0.2) is 35.5 Å². The first-order chi connectivity index (χ1) is 5.45. The van der Waals surface area contributed by atoms with Gasteiger partial charge in [0.2, 0.25) is 4.38 Å². The van der Waals surface area contributed by atoms with Crippen LogP contribution in [0, 0.1) is 0 Å². The summed E-state index contributed by atoms with van der Waals surface area (Å²) in [6.45, 7) is 2.23. The Bertz CT molecular complexity index is 238. The fourth-order valence-electron chi connectivity index (χ4n) is 0.387. The molecular formula is C5H9KO4S3. The van der Waals surface area contributed by atoms with E-state index in [1.807, 2.05) is 0 Å². The predicted molar refractivity (Wildman–Crippen MR) is 51.2 cm³/mol. The molecule has 0 N–H and O–H groups in total. The maximum atomic E-state index is 10.1. The predicted octanol–water partition coefficient (Wildman–Crippen LogP) is -2.41. The zero-order valence-corrected chi connectivity index (χ0v) is 13.1. The van der Waals surface area contributed by atoms with Crippen LogP contribution in [0.3, 0.4) is 0 Å². The standard InChI is InChI=1S/C5H10O4S3.K/c1-2-9-5(10)11-3-4-12(6,7)8;/h2-4H2,1H3,(H,6,7,8);/q;+1/p-1. The summed E-state index contributed by atoms with van der Waals surface area (Å²) in [6.07, 6.45) is 0. The van der Waals surface area contributed by atoms with Crippen LogP contribution in [0.1, 0.15) is 6.92 Å². The van der Waals surface area contributed by atoms with Crippen molar-refractivity contribution in [1.29, 1.82) is 0 Å². The van der Waals surface area contributed by atoms with Gasteiger partial charge in [0, 0.05) is 11.5 Å². The quantitative estimate of drug-likeness (QED) is 0.321. The van der Waals surface area contributed by atoms with Gasteiger partial charge in [0.15, 0.2) is 0 Å². The van der Waals surface area contributed by atoms with Crippen LogP contribution < -0.4 is 51.4 Å². The monoisotopic (exact) mass is 268 g/mol. The third-order valence-electron chi connectivity index (χ3n) is 0.815. The van der Waals surface area contributed by atoms with Crippen LogP contribution in [0.4, 0.5) is 0 Å². The summed E-state index contributed by atoms with van der Waals surface area (Å²) < 4.78 is 35.5. The van der Waals surface area contributed by atoms with E-state index in [4.69, 9.17) is 4.74 Å². The van der Waals surface area contributed by atoms with Crippen LogP contribution >= 0.6 is 24.0 Å². The molecule has 0 aromatic heterocycles. The number of ether oxygens (including phenoxy) is 1. The first-order valence-electron chi connectivity index (χ1n) is 3.19. The van der Waals surface area contributed by atoms with Crippen LogP contribution in [-0.2, 0) is 14.9 Å². The Labute approximate surface area is 130 Å². The van der Waals surface area contributed by atoms with E-state index in [1.54, 1.807) is 6.92 Å². The second-order valence-corrected chi connectivity index (χ2v) is 5.01. The Hall–Kier alpha value is 1.79. The van der Waals surface area contributed by atoms with Gasteiger partial charge < -0.3 is 9.29 Å². The molecule has 13 heavy (non-hydrogen) atoms. The molecule has 0 aromatic rings. The van der Waals surface area contributed by atoms with Gasteiger partial charge in [-0.1, -0.05) is 11.8 Å². The summed E-state index contributed by atoms with van der Waals surface area (Å²) in [5.74, 6) is -0.254. The van der Waals surface area contributed by atoms with Gasteiger partial charge >= 0.3 is 51.4 Å². The maximum Gasteiger partial charge on any atom is 1.00 e. The molecule has 8 heteroatoms. The van der Waals surface area contributed by atoms with Crippen molar-refractivity contribution in [3.05, 3.63) is 0 Å². The summed E-state index contributed by atoms with van der Waals surface area (Å²) in [7, 11) is -4.12. The second-order valence-electron chi connectivity index (χ2n) is 1.79. The zero-order chi connectivity index (χ0) is 9.61. The van der Waals surface area contributed by atoms with E-state index < -0.39 is 15.9 Å². The summed E-state index contributed by atoms with van der Waals surface area (Å²) in [6, 6.07) is 0. The van der Waals surface area contributed by atoms with Crippen LogP contribution in [0.25, 0.3) is 0 Å². The summed E-state index contributed by atoms with van der Waals surface area (Å²) in [5, 5.41) is 0.